The van der Waals surface area contributed by atoms with Gasteiger partial charge in [-0.15, -0.1) is 0 Å². The van der Waals surface area contributed by atoms with Crippen LogP contribution in [0.25, 0.3) is 0 Å². The number of sulfonamides is 1. The number of halogens is 1. The molecule has 21 heavy (non-hydrogen) atoms. The molecule has 1 atom stereocenters. The fourth-order valence-electron chi connectivity index (χ4n) is 2.64. The SMILES string of the molecule is COCC1CCN(S(=O)(=O)c2cc(C)c(F)c(CN)c2)C1. The summed E-state index contributed by atoms with van der Waals surface area (Å²) in [4.78, 5) is 0.111. The van der Waals surface area contributed by atoms with E-state index in [0.717, 1.165) is 6.42 Å². The quantitative estimate of drug-likeness (QED) is 0.887. The number of aryl methyl sites for hydroxylation is 1. The lowest BCUT2D eigenvalue weighted by molar-refractivity contribution is 0.157. The molecule has 0 saturated carbocycles. The molecule has 1 unspecified atom stereocenters. The summed E-state index contributed by atoms with van der Waals surface area (Å²) in [7, 11) is -2.00. The van der Waals surface area contributed by atoms with E-state index in [9.17, 15) is 12.8 Å². The van der Waals surface area contributed by atoms with Crippen molar-refractivity contribution in [2.45, 2.75) is 24.8 Å². The fourth-order valence-corrected chi connectivity index (χ4v) is 4.31. The summed E-state index contributed by atoms with van der Waals surface area (Å²) < 4.78 is 45.6. The number of methoxy groups -OCH3 is 1. The Labute approximate surface area is 124 Å². The molecule has 118 valence electrons. The van der Waals surface area contributed by atoms with Crippen LogP contribution >= 0.6 is 0 Å². The molecule has 0 amide bonds. The van der Waals surface area contributed by atoms with Gasteiger partial charge >= 0.3 is 0 Å². The minimum absolute atomic E-state index is 0.0255. The summed E-state index contributed by atoms with van der Waals surface area (Å²) in [5.41, 5.74) is 6.00. The second kappa shape index (κ2) is 6.39. The number of rotatable bonds is 5. The van der Waals surface area contributed by atoms with Gasteiger partial charge in [-0.05, 0) is 37.0 Å². The van der Waals surface area contributed by atoms with E-state index in [4.69, 9.17) is 10.5 Å². The zero-order chi connectivity index (χ0) is 15.6. The molecule has 1 aromatic carbocycles. The van der Waals surface area contributed by atoms with Crippen LogP contribution in [0.1, 0.15) is 17.5 Å². The van der Waals surface area contributed by atoms with Crippen LogP contribution in [-0.2, 0) is 21.3 Å². The first kappa shape index (κ1) is 16.4. The normalized spacial score (nSPS) is 20.1. The fraction of sp³-hybridized carbons (Fsp3) is 0.571. The van der Waals surface area contributed by atoms with Crippen molar-refractivity contribution in [2.24, 2.45) is 11.7 Å². The summed E-state index contributed by atoms with van der Waals surface area (Å²) in [6, 6.07) is 2.70. The Balaban J connectivity index is 2.30. The van der Waals surface area contributed by atoms with Crippen LogP contribution in [0.2, 0.25) is 0 Å². The molecule has 1 aliphatic heterocycles. The van der Waals surface area contributed by atoms with Crippen LogP contribution in [-0.4, -0.2) is 39.5 Å². The molecule has 0 aliphatic carbocycles. The van der Waals surface area contributed by atoms with Crippen molar-refractivity contribution in [1.29, 1.82) is 0 Å². The average molecular weight is 316 g/mol. The van der Waals surface area contributed by atoms with Crippen LogP contribution < -0.4 is 5.73 Å². The zero-order valence-electron chi connectivity index (χ0n) is 12.3. The van der Waals surface area contributed by atoms with E-state index in [-0.39, 0.29) is 22.9 Å². The first-order valence-electron chi connectivity index (χ1n) is 6.88. The standard InChI is InChI=1S/C14H21FN2O3S/c1-10-5-13(6-12(7-16)14(10)15)21(18,19)17-4-3-11(8-17)9-20-2/h5-6,11H,3-4,7-9,16H2,1-2H3. The van der Waals surface area contributed by atoms with Gasteiger partial charge in [-0.2, -0.15) is 4.31 Å². The van der Waals surface area contributed by atoms with Gasteiger partial charge < -0.3 is 10.5 Å². The Morgan fingerprint density at radius 2 is 2.19 bits per heavy atom. The van der Waals surface area contributed by atoms with Gasteiger partial charge in [-0.1, -0.05) is 0 Å². The molecular formula is C14H21FN2O3S. The molecule has 7 heteroatoms. The van der Waals surface area contributed by atoms with Gasteiger partial charge in [-0.25, -0.2) is 12.8 Å². The van der Waals surface area contributed by atoms with E-state index >= 15 is 0 Å². The number of benzene rings is 1. The third-order valence-corrected chi connectivity index (χ3v) is 5.65. The van der Waals surface area contributed by atoms with Gasteiger partial charge in [0.1, 0.15) is 5.82 Å². The number of hydrogen-bond acceptors (Lipinski definition) is 4. The molecule has 5 nitrogen and oxygen atoms in total. The first-order chi connectivity index (χ1) is 9.90. The average Bonchev–Trinajstić information content (AvgIpc) is 2.91. The lowest BCUT2D eigenvalue weighted by atomic mass is 10.1. The first-order valence-corrected chi connectivity index (χ1v) is 8.32. The molecule has 0 radical (unpaired) electrons. The molecule has 1 aliphatic rings. The largest absolute Gasteiger partial charge is 0.384 e. The lowest BCUT2D eigenvalue weighted by Gasteiger charge is -2.18. The third-order valence-electron chi connectivity index (χ3n) is 3.81. The van der Waals surface area contributed by atoms with Gasteiger partial charge in [0.2, 0.25) is 10.0 Å². The maximum absolute atomic E-state index is 13.8. The van der Waals surface area contributed by atoms with E-state index in [1.165, 1.54) is 16.4 Å². The Morgan fingerprint density at radius 1 is 1.48 bits per heavy atom. The summed E-state index contributed by atoms with van der Waals surface area (Å²) >= 11 is 0. The molecule has 2 rings (SSSR count). The van der Waals surface area contributed by atoms with Crippen molar-refractivity contribution in [1.82, 2.24) is 4.31 Å². The minimum atomic E-state index is -3.61. The second-order valence-corrected chi connectivity index (χ2v) is 7.33. The minimum Gasteiger partial charge on any atom is -0.384 e. The topological polar surface area (TPSA) is 72.6 Å². The van der Waals surface area contributed by atoms with Crippen LogP contribution in [0, 0.1) is 18.7 Å². The highest BCUT2D eigenvalue weighted by Crippen LogP contribution is 2.27. The summed E-state index contributed by atoms with van der Waals surface area (Å²) in [6.45, 7) is 2.96. The third kappa shape index (κ3) is 3.26. The number of ether oxygens (including phenoxy) is 1. The molecule has 2 N–H and O–H groups in total. The van der Waals surface area contributed by atoms with E-state index in [1.807, 2.05) is 0 Å². The summed E-state index contributed by atoms with van der Waals surface area (Å²) in [6.07, 6.45) is 0.775. The highest BCUT2D eigenvalue weighted by Gasteiger charge is 2.33. The van der Waals surface area contributed by atoms with Gasteiger partial charge in [0.15, 0.2) is 0 Å². The molecule has 1 fully saturated rings. The Hall–Kier alpha value is -1.02. The molecular weight excluding hydrogens is 295 g/mol. The van der Waals surface area contributed by atoms with Crippen molar-refractivity contribution >= 4 is 10.0 Å². The second-order valence-electron chi connectivity index (χ2n) is 5.39. The number of nitrogens with two attached hydrogens (primary N) is 1. The van der Waals surface area contributed by atoms with Crippen LogP contribution in [0.15, 0.2) is 17.0 Å². The maximum atomic E-state index is 13.8. The van der Waals surface area contributed by atoms with E-state index < -0.39 is 15.8 Å². The Kier molecular flexibility index (Phi) is 4.98. The van der Waals surface area contributed by atoms with Gasteiger partial charge in [0.05, 0.1) is 11.5 Å². The van der Waals surface area contributed by atoms with E-state index in [2.05, 4.69) is 0 Å². The van der Waals surface area contributed by atoms with Crippen LogP contribution in [0.4, 0.5) is 4.39 Å². The maximum Gasteiger partial charge on any atom is 0.243 e. The molecule has 0 bridgehead atoms. The van der Waals surface area contributed by atoms with Crippen molar-refractivity contribution < 1.29 is 17.5 Å². The predicted molar refractivity (Wildman–Crippen MR) is 77.8 cm³/mol. The molecule has 1 heterocycles. The Bertz CT molecular complexity index is 619. The predicted octanol–water partition coefficient (Wildman–Crippen LogP) is 1.25. The highest BCUT2D eigenvalue weighted by atomic mass is 32.2. The monoisotopic (exact) mass is 316 g/mol. The van der Waals surface area contributed by atoms with E-state index in [0.29, 0.717) is 25.3 Å². The van der Waals surface area contributed by atoms with E-state index in [1.54, 1.807) is 14.0 Å². The summed E-state index contributed by atoms with van der Waals surface area (Å²) in [5.74, 6) is -0.226. The lowest BCUT2D eigenvalue weighted by Crippen LogP contribution is -2.29. The van der Waals surface area contributed by atoms with Crippen LogP contribution in [0.5, 0.6) is 0 Å². The Morgan fingerprint density at radius 3 is 2.81 bits per heavy atom. The van der Waals surface area contributed by atoms with Crippen molar-refractivity contribution in [3.63, 3.8) is 0 Å². The summed E-state index contributed by atoms with van der Waals surface area (Å²) in [5, 5.41) is 0. The van der Waals surface area contributed by atoms with Crippen LogP contribution in [0.3, 0.4) is 0 Å². The van der Waals surface area contributed by atoms with Gasteiger partial charge in [0.25, 0.3) is 0 Å². The van der Waals surface area contributed by atoms with Gasteiger partial charge in [-0.3, -0.25) is 0 Å². The van der Waals surface area contributed by atoms with Crippen molar-refractivity contribution in [2.75, 3.05) is 26.8 Å². The highest BCUT2D eigenvalue weighted by molar-refractivity contribution is 7.89. The number of hydrogen-bond donors (Lipinski definition) is 1. The van der Waals surface area contributed by atoms with Crippen molar-refractivity contribution in [3.8, 4) is 0 Å². The van der Waals surface area contributed by atoms with Gasteiger partial charge in [0, 0.05) is 32.3 Å². The molecule has 0 spiro atoms. The number of nitrogens with zero attached hydrogens (tertiary/aromatic N) is 1. The molecule has 0 aromatic heterocycles. The molecule has 1 saturated heterocycles. The zero-order valence-corrected chi connectivity index (χ0v) is 13.1. The smallest absolute Gasteiger partial charge is 0.243 e. The molecule has 1 aromatic rings. The van der Waals surface area contributed by atoms with Crippen molar-refractivity contribution in [3.05, 3.63) is 29.1 Å².